The van der Waals surface area contributed by atoms with E-state index in [1.807, 2.05) is 6.07 Å². The molecule has 0 aromatic heterocycles. The van der Waals surface area contributed by atoms with E-state index in [1.54, 1.807) is 24.3 Å². The van der Waals surface area contributed by atoms with E-state index in [0.717, 1.165) is 18.4 Å². The number of benzene rings is 2. The third-order valence-electron chi connectivity index (χ3n) is 5.10. The molecule has 0 saturated carbocycles. The number of rotatable bonds is 6. The summed E-state index contributed by atoms with van der Waals surface area (Å²) in [6.45, 7) is 0.568. The molecule has 0 spiro atoms. The fraction of sp³-hybridized carbons (Fsp3) is 0.304. The van der Waals surface area contributed by atoms with Crippen LogP contribution in [0.3, 0.4) is 0 Å². The number of carbonyl (C=O) groups is 3. The predicted octanol–water partition coefficient (Wildman–Crippen LogP) is 2.22. The van der Waals surface area contributed by atoms with Gasteiger partial charge in [-0.25, -0.2) is 9.18 Å². The van der Waals surface area contributed by atoms with E-state index in [0.29, 0.717) is 24.2 Å². The molecule has 32 heavy (non-hydrogen) atoms. The first-order valence-corrected chi connectivity index (χ1v) is 10.3. The molecule has 166 valence electrons. The van der Waals surface area contributed by atoms with Crippen molar-refractivity contribution in [2.75, 3.05) is 11.9 Å². The van der Waals surface area contributed by atoms with E-state index in [-0.39, 0.29) is 12.3 Å². The van der Waals surface area contributed by atoms with Crippen LogP contribution in [-0.2, 0) is 16.0 Å². The maximum Gasteiger partial charge on any atom is 0.319 e. The van der Waals surface area contributed by atoms with Crippen LogP contribution < -0.4 is 21.3 Å². The van der Waals surface area contributed by atoms with Gasteiger partial charge in [-0.2, -0.15) is 5.26 Å². The highest BCUT2D eigenvalue weighted by Gasteiger charge is 2.27. The molecule has 9 heteroatoms. The zero-order chi connectivity index (χ0) is 22.9. The summed E-state index contributed by atoms with van der Waals surface area (Å²) in [6.07, 6.45) is 2.30. The summed E-state index contributed by atoms with van der Waals surface area (Å²) in [7, 11) is 0. The van der Waals surface area contributed by atoms with Gasteiger partial charge in [0.1, 0.15) is 17.9 Å². The van der Waals surface area contributed by atoms with Gasteiger partial charge in [0, 0.05) is 18.7 Å². The molecule has 1 unspecified atom stereocenters. The Morgan fingerprint density at radius 2 is 1.84 bits per heavy atom. The quantitative estimate of drug-likeness (QED) is 0.553. The Morgan fingerprint density at radius 3 is 2.53 bits per heavy atom. The molecule has 1 aliphatic rings. The van der Waals surface area contributed by atoms with E-state index < -0.39 is 29.8 Å². The van der Waals surface area contributed by atoms with Crippen molar-refractivity contribution < 1.29 is 18.8 Å². The minimum Gasteiger partial charge on any atom is -0.354 e. The van der Waals surface area contributed by atoms with E-state index in [4.69, 9.17) is 5.26 Å². The van der Waals surface area contributed by atoms with Crippen LogP contribution in [0.5, 0.6) is 0 Å². The number of urea groups is 1. The number of hydrogen-bond donors (Lipinski definition) is 4. The van der Waals surface area contributed by atoms with Gasteiger partial charge >= 0.3 is 6.03 Å². The lowest BCUT2D eigenvalue weighted by Gasteiger charge is -2.22. The van der Waals surface area contributed by atoms with Crippen molar-refractivity contribution >= 4 is 23.5 Å². The van der Waals surface area contributed by atoms with Crippen LogP contribution in [0.15, 0.2) is 48.5 Å². The second-order valence-corrected chi connectivity index (χ2v) is 7.52. The highest BCUT2D eigenvalue weighted by Crippen LogP contribution is 2.11. The largest absolute Gasteiger partial charge is 0.354 e. The van der Waals surface area contributed by atoms with Crippen LogP contribution in [0.25, 0.3) is 0 Å². The zero-order valence-electron chi connectivity index (χ0n) is 17.4. The van der Waals surface area contributed by atoms with Gasteiger partial charge in [0.15, 0.2) is 0 Å². The molecule has 1 heterocycles. The Kier molecular flexibility index (Phi) is 7.75. The number of nitrogens with one attached hydrogen (secondary N) is 4. The van der Waals surface area contributed by atoms with Crippen molar-refractivity contribution in [1.82, 2.24) is 16.0 Å². The van der Waals surface area contributed by atoms with Gasteiger partial charge in [0.2, 0.25) is 11.8 Å². The summed E-state index contributed by atoms with van der Waals surface area (Å²) in [5.41, 5.74) is 1.58. The van der Waals surface area contributed by atoms with Gasteiger partial charge in [-0.3, -0.25) is 9.59 Å². The van der Waals surface area contributed by atoms with Crippen LogP contribution >= 0.6 is 0 Å². The van der Waals surface area contributed by atoms with Crippen molar-refractivity contribution in [3.63, 3.8) is 0 Å². The lowest BCUT2D eigenvalue weighted by atomic mass is 10.0. The van der Waals surface area contributed by atoms with E-state index >= 15 is 0 Å². The summed E-state index contributed by atoms with van der Waals surface area (Å²) in [5.74, 6) is -1.18. The fourth-order valence-electron chi connectivity index (χ4n) is 3.37. The topological polar surface area (TPSA) is 123 Å². The van der Waals surface area contributed by atoms with Gasteiger partial charge in [0.25, 0.3) is 0 Å². The molecule has 2 aromatic rings. The van der Waals surface area contributed by atoms with Gasteiger partial charge in [-0.1, -0.05) is 12.1 Å². The molecule has 8 nitrogen and oxygen atoms in total. The summed E-state index contributed by atoms with van der Waals surface area (Å²) in [6, 6.07) is 11.6. The van der Waals surface area contributed by atoms with Crippen LogP contribution in [0.4, 0.5) is 14.9 Å². The normalized spacial score (nSPS) is 16.6. The molecule has 1 saturated heterocycles. The van der Waals surface area contributed by atoms with Crippen molar-refractivity contribution in [2.24, 2.45) is 0 Å². The second-order valence-electron chi connectivity index (χ2n) is 7.52. The first-order chi connectivity index (χ1) is 15.4. The number of hydrogen-bond acceptors (Lipinski definition) is 4. The SMILES string of the molecule is N#Cc1ccc(C[C@H](NC(=O)Nc2ccc(F)cc2)C(=O)NC2CCCCNC2=O)cc1. The lowest BCUT2D eigenvalue weighted by molar-refractivity contribution is -0.129. The molecule has 3 rings (SSSR count). The van der Waals surface area contributed by atoms with Crippen molar-refractivity contribution in [1.29, 1.82) is 5.26 Å². The number of halogens is 1. The summed E-state index contributed by atoms with van der Waals surface area (Å²) in [5, 5.41) is 19.6. The molecule has 4 amide bonds. The monoisotopic (exact) mass is 437 g/mol. The summed E-state index contributed by atoms with van der Waals surface area (Å²) < 4.78 is 13.1. The average Bonchev–Trinajstić information content (AvgIpc) is 2.99. The molecule has 2 aromatic carbocycles. The van der Waals surface area contributed by atoms with Crippen LogP contribution in [0.2, 0.25) is 0 Å². The Bertz CT molecular complexity index is 1000. The molecule has 4 N–H and O–H groups in total. The van der Waals surface area contributed by atoms with Crippen molar-refractivity contribution in [3.8, 4) is 6.07 Å². The number of nitriles is 1. The number of anilines is 1. The fourth-order valence-corrected chi connectivity index (χ4v) is 3.37. The third-order valence-corrected chi connectivity index (χ3v) is 5.10. The highest BCUT2D eigenvalue weighted by molar-refractivity contribution is 5.95. The second kappa shape index (κ2) is 10.9. The summed E-state index contributed by atoms with van der Waals surface area (Å²) in [4.78, 5) is 37.7. The molecule has 1 aliphatic heterocycles. The maximum absolute atomic E-state index is 13.1. The number of amides is 4. The van der Waals surface area contributed by atoms with E-state index in [1.165, 1.54) is 24.3 Å². The zero-order valence-corrected chi connectivity index (χ0v) is 17.4. The number of nitrogens with zero attached hydrogens (tertiary/aromatic N) is 1. The number of carbonyl (C=O) groups excluding carboxylic acids is 3. The third kappa shape index (κ3) is 6.54. The molecular formula is C23H24FN5O3. The Morgan fingerprint density at radius 1 is 1.12 bits per heavy atom. The molecule has 2 atom stereocenters. The van der Waals surface area contributed by atoms with E-state index in [2.05, 4.69) is 21.3 Å². The average molecular weight is 437 g/mol. The lowest BCUT2D eigenvalue weighted by Crippen LogP contribution is -2.54. The van der Waals surface area contributed by atoms with Gasteiger partial charge in [0.05, 0.1) is 11.6 Å². The maximum atomic E-state index is 13.1. The Balaban J connectivity index is 1.72. The molecule has 0 aliphatic carbocycles. The first kappa shape index (κ1) is 22.7. The standard InChI is InChI=1S/C23H24FN5O3/c24-17-8-10-18(11-9-17)27-23(32)29-20(13-15-4-6-16(14-25)7-5-15)22(31)28-19-3-1-2-12-26-21(19)30/h4-11,19-20H,1-3,12-13H2,(H,26,30)(H,28,31)(H2,27,29,32)/t19?,20-/m0/s1. The molecule has 1 fully saturated rings. The van der Waals surface area contributed by atoms with Gasteiger partial charge in [-0.05, 0) is 61.2 Å². The molecule has 0 radical (unpaired) electrons. The Hall–Kier alpha value is -3.93. The van der Waals surface area contributed by atoms with Gasteiger partial charge in [-0.15, -0.1) is 0 Å². The van der Waals surface area contributed by atoms with Crippen molar-refractivity contribution in [2.45, 2.75) is 37.8 Å². The minimum atomic E-state index is -0.973. The highest BCUT2D eigenvalue weighted by atomic mass is 19.1. The van der Waals surface area contributed by atoms with Crippen LogP contribution in [0.1, 0.15) is 30.4 Å². The predicted molar refractivity (Wildman–Crippen MR) is 116 cm³/mol. The smallest absolute Gasteiger partial charge is 0.319 e. The summed E-state index contributed by atoms with van der Waals surface area (Å²) >= 11 is 0. The van der Waals surface area contributed by atoms with Crippen LogP contribution in [0, 0.1) is 17.1 Å². The van der Waals surface area contributed by atoms with Crippen LogP contribution in [-0.4, -0.2) is 36.5 Å². The Labute approximate surface area is 185 Å². The molecular weight excluding hydrogens is 413 g/mol. The molecule has 0 bridgehead atoms. The van der Waals surface area contributed by atoms with Crippen molar-refractivity contribution in [3.05, 3.63) is 65.5 Å². The first-order valence-electron chi connectivity index (χ1n) is 10.3. The van der Waals surface area contributed by atoms with Gasteiger partial charge < -0.3 is 21.3 Å². The van der Waals surface area contributed by atoms with E-state index in [9.17, 15) is 18.8 Å². The minimum absolute atomic E-state index is 0.155.